The normalized spacial score (nSPS) is 21.7. The number of hydrogen-bond donors (Lipinski definition) is 1. The van der Waals surface area contributed by atoms with E-state index in [1.165, 1.54) is 23.9 Å². The summed E-state index contributed by atoms with van der Waals surface area (Å²) in [4.78, 5) is 16.2. The molecule has 0 bridgehead atoms. The molecule has 1 saturated carbocycles. The van der Waals surface area contributed by atoms with Gasteiger partial charge >= 0.3 is 0 Å². The van der Waals surface area contributed by atoms with E-state index in [1.54, 1.807) is 13.3 Å². The Morgan fingerprint density at radius 2 is 2.32 bits per heavy atom. The third-order valence-electron chi connectivity index (χ3n) is 4.78. The zero-order valence-electron chi connectivity index (χ0n) is 14.9. The summed E-state index contributed by atoms with van der Waals surface area (Å²) >= 11 is 0. The van der Waals surface area contributed by atoms with Crippen molar-refractivity contribution in [2.75, 3.05) is 5.32 Å². The lowest BCUT2D eigenvalue weighted by atomic mass is 9.89. The summed E-state index contributed by atoms with van der Waals surface area (Å²) in [5.74, 6) is 0.632. The Morgan fingerprint density at radius 1 is 1.44 bits per heavy atom. The molecule has 2 aromatic rings. The maximum Gasteiger partial charge on any atom is 0.249 e. The highest BCUT2D eigenvalue weighted by molar-refractivity contribution is 5.93. The van der Waals surface area contributed by atoms with Gasteiger partial charge in [-0.1, -0.05) is 31.9 Å². The van der Waals surface area contributed by atoms with E-state index < -0.39 is 6.04 Å². The van der Waals surface area contributed by atoms with Gasteiger partial charge in [0, 0.05) is 5.69 Å². The third kappa shape index (κ3) is 4.89. The summed E-state index contributed by atoms with van der Waals surface area (Å²) < 4.78 is 7.60. The van der Waals surface area contributed by atoms with Crippen molar-refractivity contribution in [1.29, 1.82) is 0 Å². The lowest BCUT2D eigenvalue weighted by molar-refractivity contribution is -0.119. The third-order valence-corrected chi connectivity index (χ3v) is 4.78. The molecule has 1 aliphatic rings. The maximum atomic E-state index is 12.3. The molecule has 1 amide bonds. The molecule has 0 radical (unpaired) electrons. The first-order chi connectivity index (χ1) is 12.1. The standard InChI is InChI=1S/C19H26N4O2/c1-14-5-3-8-18(9-14)25-11-16-6-4-7-17(10-16)22-19(24)15(2)23-13-20-12-21-23/h4,6-7,10,12-15,18H,3,5,8-9,11H2,1-2H3,(H,22,24). The first-order valence-corrected chi connectivity index (χ1v) is 8.97. The molecule has 1 heterocycles. The van der Waals surface area contributed by atoms with Crippen LogP contribution >= 0.6 is 0 Å². The quantitative estimate of drug-likeness (QED) is 0.871. The number of ether oxygens (including phenoxy) is 1. The summed E-state index contributed by atoms with van der Waals surface area (Å²) in [6.07, 6.45) is 8.18. The average Bonchev–Trinajstić information content (AvgIpc) is 3.14. The number of carbonyl (C=O) groups excluding carboxylic acids is 1. The van der Waals surface area contributed by atoms with E-state index in [-0.39, 0.29) is 5.91 Å². The second kappa shape index (κ2) is 8.25. The van der Waals surface area contributed by atoms with Crippen molar-refractivity contribution in [3.05, 3.63) is 42.5 Å². The fourth-order valence-electron chi connectivity index (χ4n) is 3.27. The van der Waals surface area contributed by atoms with Gasteiger partial charge in [0.15, 0.2) is 0 Å². The van der Waals surface area contributed by atoms with Crippen molar-refractivity contribution in [3.63, 3.8) is 0 Å². The minimum atomic E-state index is -0.411. The van der Waals surface area contributed by atoms with Gasteiger partial charge in [-0.15, -0.1) is 0 Å². The molecule has 0 aliphatic heterocycles. The number of amides is 1. The fraction of sp³-hybridized carbons (Fsp3) is 0.526. The van der Waals surface area contributed by atoms with E-state index in [0.29, 0.717) is 12.7 Å². The van der Waals surface area contributed by atoms with E-state index in [1.807, 2.05) is 24.3 Å². The minimum Gasteiger partial charge on any atom is -0.374 e. The van der Waals surface area contributed by atoms with Gasteiger partial charge in [0.1, 0.15) is 18.7 Å². The molecule has 0 spiro atoms. The van der Waals surface area contributed by atoms with Crippen LogP contribution in [0.2, 0.25) is 0 Å². The smallest absolute Gasteiger partial charge is 0.249 e. The van der Waals surface area contributed by atoms with Crippen LogP contribution in [0.3, 0.4) is 0 Å². The van der Waals surface area contributed by atoms with E-state index in [4.69, 9.17) is 4.74 Å². The molecule has 1 N–H and O–H groups in total. The zero-order valence-corrected chi connectivity index (χ0v) is 14.9. The minimum absolute atomic E-state index is 0.121. The van der Waals surface area contributed by atoms with Crippen molar-refractivity contribution in [2.24, 2.45) is 5.92 Å². The summed E-state index contributed by atoms with van der Waals surface area (Å²) in [5, 5.41) is 6.94. The Balaban J connectivity index is 1.55. The maximum absolute atomic E-state index is 12.3. The van der Waals surface area contributed by atoms with Gasteiger partial charge in [-0.3, -0.25) is 4.79 Å². The first-order valence-electron chi connectivity index (χ1n) is 8.97. The van der Waals surface area contributed by atoms with E-state index in [2.05, 4.69) is 22.3 Å². The van der Waals surface area contributed by atoms with Crippen LogP contribution in [0.25, 0.3) is 0 Å². The molecule has 0 saturated heterocycles. The molecule has 3 unspecified atom stereocenters. The molecule has 3 atom stereocenters. The Kier molecular flexibility index (Phi) is 5.81. The van der Waals surface area contributed by atoms with Crippen LogP contribution in [0.1, 0.15) is 51.1 Å². The molecule has 1 aromatic heterocycles. The fourth-order valence-corrected chi connectivity index (χ4v) is 3.27. The number of rotatable bonds is 6. The van der Waals surface area contributed by atoms with E-state index in [0.717, 1.165) is 30.0 Å². The number of carbonyl (C=O) groups is 1. The highest BCUT2D eigenvalue weighted by Gasteiger charge is 2.19. The van der Waals surface area contributed by atoms with Crippen molar-refractivity contribution in [1.82, 2.24) is 14.8 Å². The van der Waals surface area contributed by atoms with Gasteiger partial charge in [-0.05, 0) is 43.4 Å². The second-order valence-corrected chi connectivity index (χ2v) is 6.95. The van der Waals surface area contributed by atoms with Crippen LogP contribution in [0.4, 0.5) is 5.69 Å². The molecule has 1 aromatic carbocycles. The largest absolute Gasteiger partial charge is 0.374 e. The number of nitrogens with zero attached hydrogens (tertiary/aromatic N) is 3. The van der Waals surface area contributed by atoms with Crippen molar-refractivity contribution < 1.29 is 9.53 Å². The molecule has 25 heavy (non-hydrogen) atoms. The van der Waals surface area contributed by atoms with Gasteiger partial charge < -0.3 is 10.1 Å². The highest BCUT2D eigenvalue weighted by Crippen LogP contribution is 2.26. The van der Waals surface area contributed by atoms with Gasteiger partial charge in [0.05, 0.1) is 12.7 Å². The number of nitrogens with one attached hydrogen (secondary N) is 1. The molecule has 134 valence electrons. The monoisotopic (exact) mass is 342 g/mol. The summed E-state index contributed by atoms with van der Waals surface area (Å²) in [6.45, 7) is 4.67. The van der Waals surface area contributed by atoms with Gasteiger partial charge in [0.2, 0.25) is 5.91 Å². The molecule has 6 heteroatoms. The average molecular weight is 342 g/mol. The predicted octanol–water partition coefficient (Wildman–Crippen LogP) is 3.57. The number of aromatic nitrogens is 3. The van der Waals surface area contributed by atoms with E-state index >= 15 is 0 Å². The summed E-state index contributed by atoms with van der Waals surface area (Å²) in [7, 11) is 0. The molecular formula is C19H26N4O2. The van der Waals surface area contributed by atoms with Gasteiger partial charge in [0.25, 0.3) is 0 Å². The van der Waals surface area contributed by atoms with E-state index in [9.17, 15) is 4.79 Å². The van der Waals surface area contributed by atoms with Crippen LogP contribution < -0.4 is 5.32 Å². The SMILES string of the molecule is CC1CCCC(OCc2cccc(NC(=O)C(C)n3cncn3)c2)C1. The zero-order chi connectivity index (χ0) is 17.6. The van der Waals surface area contributed by atoms with Crippen molar-refractivity contribution in [3.8, 4) is 0 Å². The lowest BCUT2D eigenvalue weighted by Crippen LogP contribution is -2.24. The van der Waals surface area contributed by atoms with Crippen molar-refractivity contribution >= 4 is 11.6 Å². The molecule has 6 nitrogen and oxygen atoms in total. The first kappa shape index (κ1) is 17.6. The topological polar surface area (TPSA) is 69.0 Å². The Morgan fingerprint density at radius 3 is 3.08 bits per heavy atom. The van der Waals surface area contributed by atoms with Crippen LogP contribution in [-0.2, 0) is 16.1 Å². The Labute approximate surface area is 148 Å². The molecular weight excluding hydrogens is 316 g/mol. The number of benzene rings is 1. The predicted molar refractivity (Wildman–Crippen MR) is 96.0 cm³/mol. The Hall–Kier alpha value is -2.21. The number of anilines is 1. The van der Waals surface area contributed by atoms with Gasteiger partial charge in [-0.25, -0.2) is 9.67 Å². The van der Waals surface area contributed by atoms with Crippen LogP contribution in [0.15, 0.2) is 36.9 Å². The van der Waals surface area contributed by atoms with Crippen LogP contribution in [0, 0.1) is 5.92 Å². The Bertz CT molecular complexity index is 686. The van der Waals surface area contributed by atoms with Gasteiger partial charge in [-0.2, -0.15) is 5.10 Å². The number of hydrogen-bond acceptors (Lipinski definition) is 4. The molecule has 3 rings (SSSR count). The van der Waals surface area contributed by atoms with Crippen molar-refractivity contribution in [2.45, 2.75) is 58.3 Å². The van der Waals surface area contributed by atoms with Crippen LogP contribution in [0.5, 0.6) is 0 Å². The lowest BCUT2D eigenvalue weighted by Gasteiger charge is -2.26. The molecule has 1 fully saturated rings. The summed E-state index contributed by atoms with van der Waals surface area (Å²) in [5.41, 5.74) is 1.85. The highest BCUT2D eigenvalue weighted by atomic mass is 16.5. The second-order valence-electron chi connectivity index (χ2n) is 6.95. The van der Waals surface area contributed by atoms with Crippen LogP contribution in [-0.4, -0.2) is 26.8 Å². The summed E-state index contributed by atoms with van der Waals surface area (Å²) in [6, 6.07) is 7.42. The molecule has 1 aliphatic carbocycles.